The molecule has 3 aromatic rings. The molecule has 166 valence electrons. The molecule has 0 saturated heterocycles. The minimum atomic E-state index is -3.73. The van der Waals surface area contributed by atoms with Gasteiger partial charge in [-0.25, -0.2) is 8.42 Å². The molecule has 0 heterocycles. The van der Waals surface area contributed by atoms with E-state index in [1.54, 1.807) is 55.5 Å². The summed E-state index contributed by atoms with van der Waals surface area (Å²) in [5.41, 5.74) is 2.26. The Morgan fingerprint density at radius 2 is 1.66 bits per heavy atom. The van der Waals surface area contributed by atoms with Crippen LogP contribution in [0.5, 0.6) is 0 Å². The number of hydrogen-bond acceptors (Lipinski definition) is 5. The standard InChI is InChI=1S/C23H23N3O5S/c1-16-7-13-22(14-8-16)32(30,31)25(3)20-11-9-18(10-12-20)23(27)24-17(2)19-5-4-6-21(15-19)26(28)29/h4-15,17H,1-3H3,(H,24,27). The molecule has 9 heteroatoms. The first-order valence-corrected chi connectivity index (χ1v) is 11.2. The number of hydrogen-bond donors (Lipinski definition) is 1. The van der Waals surface area contributed by atoms with E-state index in [0.29, 0.717) is 16.8 Å². The van der Waals surface area contributed by atoms with Gasteiger partial charge in [-0.3, -0.25) is 19.2 Å². The number of aryl methyl sites for hydroxylation is 1. The van der Waals surface area contributed by atoms with Gasteiger partial charge in [0.05, 0.1) is 21.5 Å². The van der Waals surface area contributed by atoms with Crippen LogP contribution in [0.15, 0.2) is 77.7 Å². The minimum Gasteiger partial charge on any atom is -0.346 e. The first-order chi connectivity index (χ1) is 15.1. The molecule has 0 aliphatic carbocycles. The zero-order chi connectivity index (χ0) is 23.5. The molecule has 1 unspecified atom stereocenters. The van der Waals surface area contributed by atoms with E-state index in [9.17, 15) is 23.3 Å². The number of rotatable bonds is 7. The van der Waals surface area contributed by atoms with Crippen LogP contribution in [0.1, 0.15) is 34.5 Å². The number of benzene rings is 3. The second-order valence-corrected chi connectivity index (χ2v) is 9.35. The number of sulfonamides is 1. The van der Waals surface area contributed by atoms with Gasteiger partial charge >= 0.3 is 0 Å². The normalized spacial score (nSPS) is 12.1. The molecule has 1 amide bonds. The third-order valence-electron chi connectivity index (χ3n) is 5.10. The largest absolute Gasteiger partial charge is 0.346 e. The van der Waals surface area contributed by atoms with E-state index in [1.165, 1.54) is 31.3 Å². The minimum absolute atomic E-state index is 0.0502. The van der Waals surface area contributed by atoms with Crippen LogP contribution in [-0.4, -0.2) is 26.3 Å². The maximum absolute atomic E-state index is 12.8. The Balaban J connectivity index is 1.73. The van der Waals surface area contributed by atoms with Crippen molar-refractivity contribution in [2.45, 2.75) is 24.8 Å². The Hall–Kier alpha value is -3.72. The van der Waals surface area contributed by atoms with Crippen molar-refractivity contribution in [1.82, 2.24) is 5.32 Å². The molecule has 32 heavy (non-hydrogen) atoms. The number of nitro benzene ring substituents is 1. The Labute approximate surface area is 186 Å². The SMILES string of the molecule is Cc1ccc(S(=O)(=O)N(C)c2ccc(C(=O)NC(C)c3cccc([N+](=O)[O-])c3)cc2)cc1. The summed E-state index contributed by atoms with van der Waals surface area (Å²) < 4.78 is 26.8. The van der Waals surface area contributed by atoms with E-state index in [1.807, 2.05) is 6.92 Å². The first kappa shape index (κ1) is 23.0. The first-order valence-electron chi connectivity index (χ1n) is 9.80. The van der Waals surface area contributed by atoms with Crippen molar-refractivity contribution in [3.05, 3.63) is 99.6 Å². The molecule has 0 spiro atoms. The second kappa shape index (κ2) is 9.19. The summed E-state index contributed by atoms with van der Waals surface area (Å²) in [6.45, 7) is 3.61. The highest BCUT2D eigenvalue weighted by Crippen LogP contribution is 2.23. The zero-order valence-corrected chi connectivity index (χ0v) is 18.7. The number of anilines is 1. The number of nitro groups is 1. The van der Waals surface area contributed by atoms with Crippen molar-refractivity contribution in [3.8, 4) is 0 Å². The Morgan fingerprint density at radius 3 is 2.25 bits per heavy atom. The van der Waals surface area contributed by atoms with Crippen LogP contribution < -0.4 is 9.62 Å². The van der Waals surface area contributed by atoms with Gasteiger partial charge < -0.3 is 5.32 Å². The predicted molar refractivity (Wildman–Crippen MR) is 122 cm³/mol. The summed E-state index contributed by atoms with van der Waals surface area (Å²) in [5, 5.41) is 13.7. The van der Waals surface area contributed by atoms with Crippen LogP contribution in [-0.2, 0) is 10.0 Å². The summed E-state index contributed by atoms with van der Waals surface area (Å²) in [6, 6.07) is 18.4. The van der Waals surface area contributed by atoms with Crippen LogP contribution in [0.25, 0.3) is 0 Å². The van der Waals surface area contributed by atoms with Crippen molar-refractivity contribution in [2.24, 2.45) is 0 Å². The van der Waals surface area contributed by atoms with Crippen LogP contribution in [0.3, 0.4) is 0 Å². The lowest BCUT2D eigenvalue weighted by Crippen LogP contribution is -2.28. The van der Waals surface area contributed by atoms with Gasteiger partial charge in [-0.15, -0.1) is 0 Å². The fourth-order valence-electron chi connectivity index (χ4n) is 3.10. The number of carbonyl (C=O) groups is 1. The van der Waals surface area contributed by atoms with Gasteiger partial charge in [0, 0.05) is 24.7 Å². The van der Waals surface area contributed by atoms with Crippen LogP contribution in [0, 0.1) is 17.0 Å². The van der Waals surface area contributed by atoms with E-state index in [0.717, 1.165) is 9.87 Å². The molecule has 0 aliphatic heterocycles. The quantitative estimate of drug-likeness (QED) is 0.425. The van der Waals surface area contributed by atoms with E-state index < -0.39 is 21.0 Å². The number of nitrogens with zero attached hydrogens (tertiary/aromatic N) is 2. The van der Waals surface area contributed by atoms with Crippen molar-refractivity contribution in [1.29, 1.82) is 0 Å². The highest BCUT2D eigenvalue weighted by molar-refractivity contribution is 7.92. The number of carbonyl (C=O) groups excluding carboxylic acids is 1. The molecule has 3 rings (SSSR count). The molecule has 0 saturated carbocycles. The summed E-state index contributed by atoms with van der Waals surface area (Å²) in [7, 11) is -2.28. The number of nitrogens with one attached hydrogen (secondary N) is 1. The highest BCUT2D eigenvalue weighted by atomic mass is 32.2. The molecular weight excluding hydrogens is 430 g/mol. The third-order valence-corrected chi connectivity index (χ3v) is 6.90. The monoisotopic (exact) mass is 453 g/mol. The Kier molecular flexibility index (Phi) is 6.59. The summed E-state index contributed by atoms with van der Waals surface area (Å²) >= 11 is 0. The van der Waals surface area contributed by atoms with E-state index in [4.69, 9.17) is 0 Å². The summed E-state index contributed by atoms with van der Waals surface area (Å²) in [4.78, 5) is 23.2. The lowest BCUT2D eigenvalue weighted by atomic mass is 10.1. The fourth-order valence-corrected chi connectivity index (χ4v) is 4.30. The molecule has 8 nitrogen and oxygen atoms in total. The fraction of sp³-hybridized carbons (Fsp3) is 0.174. The van der Waals surface area contributed by atoms with E-state index >= 15 is 0 Å². The van der Waals surface area contributed by atoms with Gasteiger partial charge in [-0.05, 0) is 55.8 Å². The van der Waals surface area contributed by atoms with Crippen molar-refractivity contribution >= 4 is 27.3 Å². The van der Waals surface area contributed by atoms with Crippen molar-refractivity contribution in [2.75, 3.05) is 11.4 Å². The van der Waals surface area contributed by atoms with Gasteiger partial charge in [0.2, 0.25) is 0 Å². The molecule has 0 aliphatic rings. The number of non-ortho nitro benzene ring substituents is 1. The topological polar surface area (TPSA) is 110 Å². The average Bonchev–Trinajstić information content (AvgIpc) is 2.79. The summed E-state index contributed by atoms with van der Waals surface area (Å²) in [6.07, 6.45) is 0. The van der Waals surface area contributed by atoms with Gasteiger partial charge in [-0.2, -0.15) is 0 Å². The molecule has 0 aromatic heterocycles. The lowest BCUT2D eigenvalue weighted by Gasteiger charge is -2.20. The third kappa shape index (κ3) is 4.94. The van der Waals surface area contributed by atoms with Gasteiger partial charge in [0.25, 0.3) is 21.6 Å². The molecule has 0 radical (unpaired) electrons. The smallest absolute Gasteiger partial charge is 0.269 e. The molecule has 1 atom stereocenters. The molecule has 1 N–H and O–H groups in total. The zero-order valence-electron chi connectivity index (χ0n) is 17.8. The van der Waals surface area contributed by atoms with E-state index in [2.05, 4.69) is 5.32 Å². The summed E-state index contributed by atoms with van der Waals surface area (Å²) in [5.74, 6) is -0.375. The Morgan fingerprint density at radius 1 is 1.03 bits per heavy atom. The van der Waals surface area contributed by atoms with Crippen LogP contribution in [0.2, 0.25) is 0 Å². The average molecular weight is 454 g/mol. The van der Waals surface area contributed by atoms with Gasteiger partial charge in [0.15, 0.2) is 0 Å². The van der Waals surface area contributed by atoms with Crippen molar-refractivity contribution in [3.63, 3.8) is 0 Å². The van der Waals surface area contributed by atoms with Gasteiger partial charge in [-0.1, -0.05) is 29.8 Å². The molecule has 0 bridgehead atoms. The Bertz CT molecular complexity index is 1240. The molecule has 0 fully saturated rings. The maximum Gasteiger partial charge on any atom is 0.269 e. The van der Waals surface area contributed by atoms with Gasteiger partial charge in [0.1, 0.15) is 0 Å². The predicted octanol–water partition coefficient (Wildman–Crippen LogP) is 4.22. The second-order valence-electron chi connectivity index (χ2n) is 7.38. The highest BCUT2D eigenvalue weighted by Gasteiger charge is 2.21. The van der Waals surface area contributed by atoms with Crippen molar-refractivity contribution < 1.29 is 18.1 Å². The lowest BCUT2D eigenvalue weighted by molar-refractivity contribution is -0.384. The number of amides is 1. The molecular formula is C23H23N3O5S. The van der Waals surface area contributed by atoms with Crippen LogP contribution in [0.4, 0.5) is 11.4 Å². The van der Waals surface area contributed by atoms with E-state index in [-0.39, 0.29) is 16.5 Å². The van der Waals surface area contributed by atoms with Crippen LogP contribution >= 0.6 is 0 Å². The molecule has 3 aromatic carbocycles. The maximum atomic E-state index is 12.8.